The van der Waals surface area contributed by atoms with Gasteiger partial charge in [0.15, 0.2) is 5.76 Å². The summed E-state index contributed by atoms with van der Waals surface area (Å²) in [4.78, 5) is 11.1. The van der Waals surface area contributed by atoms with Crippen LogP contribution in [-0.4, -0.2) is 5.91 Å². The molecule has 3 N–H and O–H groups in total. The summed E-state index contributed by atoms with van der Waals surface area (Å²) in [7, 11) is 0. The highest BCUT2D eigenvalue weighted by atomic mass is 16.4. The fourth-order valence-electron chi connectivity index (χ4n) is 1.46. The van der Waals surface area contributed by atoms with Crippen LogP contribution in [0.1, 0.15) is 21.9 Å². The molecule has 2 aromatic rings. The molecular formula is C12H12N2O2. The maximum atomic E-state index is 11.1. The average molecular weight is 216 g/mol. The van der Waals surface area contributed by atoms with Crippen LogP contribution in [0.25, 0.3) is 0 Å². The summed E-state index contributed by atoms with van der Waals surface area (Å²) in [6.07, 6.45) is 0.665. The van der Waals surface area contributed by atoms with Crippen LogP contribution in [0, 0.1) is 0 Å². The summed E-state index contributed by atoms with van der Waals surface area (Å²) in [6.45, 7) is 0. The molecule has 0 spiro atoms. The molecule has 0 saturated heterocycles. The lowest BCUT2D eigenvalue weighted by molar-refractivity contribution is 0.0924. The van der Waals surface area contributed by atoms with Crippen molar-refractivity contribution < 1.29 is 9.21 Å². The number of nitrogens with two attached hydrogens (primary N) is 1. The van der Waals surface area contributed by atoms with Crippen molar-refractivity contribution in [2.75, 3.05) is 0 Å². The van der Waals surface area contributed by atoms with Crippen LogP contribution in [0.3, 0.4) is 0 Å². The van der Waals surface area contributed by atoms with E-state index in [9.17, 15) is 4.79 Å². The molecule has 0 saturated carbocycles. The van der Waals surface area contributed by atoms with E-state index in [1.165, 1.54) is 0 Å². The number of nitrogen functional groups attached to an aromatic ring is 1. The molecule has 0 bridgehead atoms. The van der Waals surface area contributed by atoms with Gasteiger partial charge in [0.2, 0.25) is 0 Å². The highest BCUT2D eigenvalue weighted by molar-refractivity contribution is 5.90. The molecule has 0 aliphatic carbocycles. The first-order chi connectivity index (χ1) is 7.79. The molecule has 4 nitrogen and oxygen atoms in total. The number of rotatable bonds is 3. The topological polar surface area (TPSA) is 68.3 Å². The van der Waals surface area contributed by atoms with E-state index < -0.39 is 5.91 Å². The number of hydrogen-bond acceptors (Lipinski definition) is 3. The van der Waals surface area contributed by atoms with Gasteiger partial charge in [-0.15, -0.1) is 0 Å². The van der Waals surface area contributed by atoms with E-state index in [0.717, 1.165) is 11.3 Å². The number of hydrogen-bond donors (Lipinski definition) is 2. The molecule has 1 aromatic heterocycles. The first-order valence-electron chi connectivity index (χ1n) is 4.93. The molecule has 1 heterocycles. The van der Waals surface area contributed by atoms with Gasteiger partial charge in [0.1, 0.15) is 5.76 Å². The van der Waals surface area contributed by atoms with Gasteiger partial charge >= 0.3 is 5.91 Å². The normalized spacial score (nSPS) is 10.1. The number of benzene rings is 1. The molecule has 16 heavy (non-hydrogen) atoms. The minimum absolute atomic E-state index is 0.230. The van der Waals surface area contributed by atoms with Crippen molar-refractivity contribution in [3.8, 4) is 0 Å². The summed E-state index contributed by atoms with van der Waals surface area (Å²) in [6, 6.07) is 13.3. The molecule has 4 heteroatoms. The second-order valence-corrected chi connectivity index (χ2v) is 3.40. The maximum absolute atomic E-state index is 11.1. The lowest BCUT2D eigenvalue weighted by Crippen LogP contribution is -2.29. The van der Waals surface area contributed by atoms with Crippen LogP contribution in [0.15, 0.2) is 46.9 Å². The number of furan rings is 1. The largest absolute Gasteiger partial charge is 0.456 e. The van der Waals surface area contributed by atoms with Crippen molar-refractivity contribution in [3.05, 3.63) is 59.5 Å². The van der Waals surface area contributed by atoms with E-state index in [-0.39, 0.29) is 5.76 Å². The van der Waals surface area contributed by atoms with Gasteiger partial charge in [0.05, 0.1) is 0 Å². The number of carbonyl (C=O) groups excluding carboxylic acids is 1. The molecule has 0 radical (unpaired) electrons. The first-order valence-corrected chi connectivity index (χ1v) is 4.93. The van der Waals surface area contributed by atoms with Crippen LogP contribution < -0.4 is 11.3 Å². The molecule has 82 valence electrons. The summed E-state index contributed by atoms with van der Waals surface area (Å²) < 4.78 is 5.35. The minimum Gasteiger partial charge on any atom is -0.456 e. The monoisotopic (exact) mass is 216 g/mol. The summed E-state index contributed by atoms with van der Waals surface area (Å²) in [5.74, 6) is 5.56. The molecule has 0 atom stereocenters. The van der Waals surface area contributed by atoms with E-state index in [4.69, 9.17) is 10.3 Å². The van der Waals surface area contributed by atoms with E-state index >= 15 is 0 Å². The van der Waals surface area contributed by atoms with Crippen LogP contribution in [0.4, 0.5) is 0 Å². The van der Waals surface area contributed by atoms with E-state index in [0.29, 0.717) is 6.42 Å². The Bertz CT molecular complexity index is 477. The van der Waals surface area contributed by atoms with Gasteiger partial charge in [0, 0.05) is 6.42 Å². The summed E-state index contributed by atoms with van der Waals surface area (Å²) >= 11 is 0. The Morgan fingerprint density at radius 1 is 1.19 bits per heavy atom. The highest BCUT2D eigenvalue weighted by Crippen LogP contribution is 2.12. The Morgan fingerprint density at radius 2 is 1.94 bits per heavy atom. The Balaban J connectivity index is 2.12. The third-order valence-electron chi connectivity index (χ3n) is 2.24. The Kier molecular flexibility index (Phi) is 3.03. The Hall–Kier alpha value is -2.07. The smallest absolute Gasteiger partial charge is 0.300 e. The number of hydrazine groups is 1. The minimum atomic E-state index is -0.417. The number of carbonyl (C=O) groups is 1. The zero-order valence-corrected chi connectivity index (χ0v) is 8.64. The van der Waals surface area contributed by atoms with Gasteiger partial charge in [-0.1, -0.05) is 30.3 Å². The molecule has 1 amide bonds. The van der Waals surface area contributed by atoms with Crippen molar-refractivity contribution in [2.24, 2.45) is 5.84 Å². The standard InChI is InChI=1S/C12H12N2O2/c13-14-12(15)11-7-6-10(16-11)8-9-4-2-1-3-5-9/h1-7H,8,13H2,(H,14,15). The third-order valence-corrected chi connectivity index (χ3v) is 2.24. The van der Waals surface area contributed by atoms with Gasteiger partial charge in [-0.2, -0.15) is 0 Å². The fourth-order valence-corrected chi connectivity index (χ4v) is 1.46. The summed E-state index contributed by atoms with van der Waals surface area (Å²) in [5, 5.41) is 0. The second kappa shape index (κ2) is 4.63. The molecule has 0 aliphatic heterocycles. The molecule has 0 unspecified atom stereocenters. The Labute approximate surface area is 93.0 Å². The van der Waals surface area contributed by atoms with Crippen LogP contribution >= 0.6 is 0 Å². The lowest BCUT2D eigenvalue weighted by Gasteiger charge is -1.97. The summed E-state index contributed by atoms with van der Waals surface area (Å²) in [5.41, 5.74) is 3.16. The molecule has 0 aliphatic rings. The molecule has 0 fully saturated rings. The first kappa shape index (κ1) is 10.4. The third kappa shape index (κ3) is 2.29. The van der Waals surface area contributed by atoms with Crippen LogP contribution in [0.2, 0.25) is 0 Å². The predicted molar refractivity (Wildman–Crippen MR) is 59.6 cm³/mol. The van der Waals surface area contributed by atoms with Gasteiger partial charge in [-0.3, -0.25) is 10.2 Å². The van der Waals surface area contributed by atoms with E-state index in [1.54, 1.807) is 12.1 Å². The second-order valence-electron chi connectivity index (χ2n) is 3.40. The predicted octanol–water partition coefficient (Wildman–Crippen LogP) is 1.47. The number of nitrogens with one attached hydrogen (secondary N) is 1. The van der Waals surface area contributed by atoms with Gasteiger partial charge < -0.3 is 4.42 Å². The van der Waals surface area contributed by atoms with Gasteiger partial charge in [-0.25, -0.2) is 5.84 Å². The van der Waals surface area contributed by atoms with Gasteiger partial charge in [0.25, 0.3) is 0 Å². The highest BCUT2D eigenvalue weighted by Gasteiger charge is 2.09. The van der Waals surface area contributed by atoms with Crippen molar-refractivity contribution in [1.29, 1.82) is 0 Å². The molecule has 2 rings (SSSR count). The van der Waals surface area contributed by atoms with E-state index in [1.807, 2.05) is 35.8 Å². The zero-order chi connectivity index (χ0) is 11.4. The van der Waals surface area contributed by atoms with E-state index in [2.05, 4.69) is 0 Å². The quantitative estimate of drug-likeness (QED) is 0.464. The van der Waals surface area contributed by atoms with Gasteiger partial charge in [-0.05, 0) is 17.7 Å². The Morgan fingerprint density at radius 3 is 2.62 bits per heavy atom. The molecular weight excluding hydrogens is 204 g/mol. The average Bonchev–Trinajstić information content (AvgIpc) is 2.78. The van der Waals surface area contributed by atoms with Crippen molar-refractivity contribution in [2.45, 2.75) is 6.42 Å². The number of amides is 1. The SMILES string of the molecule is NNC(=O)c1ccc(Cc2ccccc2)o1. The van der Waals surface area contributed by atoms with Crippen LogP contribution in [-0.2, 0) is 6.42 Å². The lowest BCUT2D eigenvalue weighted by atomic mass is 10.1. The van der Waals surface area contributed by atoms with Crippen LogP contribution in [0.5, 0.6) is 0 Å². The van der Waals surface area contributed by atoms with Crippen molar-refractivity contribution in [3.63, 3.8) is 0 Å². The maximum Gasteiger partial charge on any atom is 0.300 e. The fraction of sp³-hybridized carbons (Fsp3) is 0.0833. The zero-order valence-electron chi connectivity index (χ0n) is 8.64. The van der Waals surface area contributed by atoms with Crippen molar-refractivity contribution in [1.82, 2.24) is 5.43 Å². The van der Waals surface area contributed by atoms with Crippen molar-refractivity contribution >= 4 is 5.91 Å². The molecule has 1 aromatic carbocycles.